The second kappa shape index (κ2) is 55.2. The van der Waals surface area contributed by atoms with Gasteiger partial charge in [0.2, 0.25) is 0 Å². The van der Waals surface area contributed by atoms with Crippen molar-refractivity contribution in [3.63, 3.8) is 0 Å². The number of ether oxygens (including phenoxy) is 5. The summed E-state index contributed by atoms with van der Waals surface area (Å²) < 4.78 is 28.5. The van der Waals surface area contributed by atoms with Crippen LogP contribution in [0.4, 0.5) is 0 Å². The average Bonchev–Trinajstić information content (AvgIpc) is 3.43. The molecule has 1 aliphatic heterocycles. The summed E-state index contributed by atoms with van der Waals surface area (Å²) in [6.07, 6.45) is 55.0. The zero-order valence-corrected chi connectivity index (χ0v) is 50.6. The highest BCUT2D eigenvalue weighted by atomic mass is 16.7. The van der Waals surface area contributed by atoms with Gasteiger partial charge in [-0.3, -0.25) is 14.4 Å². The molecule has 6 atom stereocenters. The van der Waals surface area contributed by atoms with Gasteiger partial charge in [0.1, 0.15) is 18.8 Å². The molecule has 1 heterocycles. The molecular formula is C67H118O12. The van der Waals surface area contributed by atoms with Crippen molar-refractivity contribution in [3.8, 4) is 0 Å². The molecule has 6 unspecified atom stereocenters. The molecule has 0 aromatic carbocycles. The van der Waals surface area contributed by atoms with Crippen LogP contribution in [-0.2, 0) is 42.9 Å². The van der Waals surface area contributed by atoms with Gasteiger partial charge in [-0.1, -0.05) is 275 Å². The van der Waals surface area contributed by atoms with Crippen LogP contribution in [0.3, 0.4) is 0 Å². The summed E-state index contributed by atoms with van der Waals surface area (Å²) in [4.78, 5) is 51.3. The number of hydrogen-bond acceptors (Lipinski definition) is 11. The molecule has 1 rings (SSSR count). The van der Waals surface area contributed by atoms with Crippen molar-refractivity contribution in [3.05, 3.63) is 48.6 Å². The highest BCUT2D eigenvalue weighted by Gasteiger charge is 2.50. The van der Waals surface area contributed by atoms with E-state index in [2.05, 4.69) is 69.4 Å². The Morgan fingerprint density at radius 3 is 1.22 bits per heavy atom. The predicted octanol–water partition coefficient (Wildman–Crippen LogP) is 17.3. The number of aliphatic hydroxyl groups excluding tert-OH is 2. The molecule has 0 bridgehead atoms. The number of esters is 3. The second-order valence-corrected chi connectivity index (χ2v) is 22.4. The van der Waals surface area contributed by atoms with E-state index < -0.39 is 67.3 Å². The lowest BCUT2D eigenvalue weighted by molar-refractivity contribution is -0.301. The highest BCUT2D eigenvalue weighted by molar-refractivity contribution is 5.74. The molecule has 0 amide bonds. The van der Waals surface area contributed by atoms with E-state index in [-0.39, 0.29) is 25.9 Å². The van der Waals surface area contributed by atoms with Crippen LogP contribution in [0.25, 0.3) is 0 Å². The summed E-state index contributed by atoms with van der Waals surface area (Å²) in [5, 5.41) is 31.6. The first kappa shape index (κ1) is 73.7. The molecule has 0 spiro atoms. The molecule has 0 aromatic rings. The molecule has 0 saturated carbocycles. The van der Waals surface area contributed by atoms with Crippen LogP contribution in [0.15, 0.2) is 48.6 Å². The van der Waals surface area contributed by atoms with Gasteiger partial charge in [-0.15, -0.1) is 0 Å². The van der Waals surface area contributed by atoms with Crippen LogP contribution in [0.1, 0.15) is 303 Å². The van der Waals surface area contributed by atoms with E-state index in [1.165, 1.54) is 154 Å². The number of unbranched alkanes of at least 4 members (excludes halogenated alkanes) is 34. The van der Waals surface area contributed by atoms with Crippen molar-refractivity contribution in [2.45, 2.75) is 340 Å². The molecule has 1 saturated heterocycles. The van der Waals surface area contributed by atoms with Gasteiger partial charge in [0.05, 0.1) is 6.61 Å². The number of aliphatic hydroxyl groups is 2. The van der Waals surface area contributed by atoms with Gasteiger partial charge in [-0.05, 0) is 57.8 Å². The summed E-state index contributed by atoms with van der Waals surface area (Å²) in [5.74, 6) is -3.12. The number of hydrogen-bond donors (Lipinski definition) is 3. The van der Waals surface area contributed by atoms with Crippen molar-refractivity contribution in [2.24, 2.45) is 0 Å². The molecule has 79 heavy (non-hydrogen) atoms. The number of carbonyl (C=O) groups excluding carboxylic acids is 3. The van der Waals surface area contributed by atoms with Crippen LogP contribution < -0.4 is 0 Å². The molecule has 458 valence electrons. The first-order chi connectivity index (χ1) is 38.6. The predicted molar refractivity (Wildman–Crippen MR) is 322 cm³/mol. The van der Waals surface area contributed by atoms with Gasteiger partial charge in [-0.2, -0.15) is 0 Å². The standard InChI is InChI=1S/C67H118O12/c1-4-7-10-13-16-19-22-25-28-30-33-35-38-41-44-47-50-53-59(68)75-56-58(77-60(69)54-51-48-45-42-39-36-32-27-24-21-18-15-12-9-6-3)57-76-67-65(63(72)62(71)64(79-67)66(73)74)78-61(70)55-52-49-46-43-40-37-34-31-29-26-23-20-17-14-11-8-5-2/h8,11,17,20,26,29,34,37,58,62-65,67,71-72H,4-7,9-10,12-16,18-19,21-25,27-28,30-33,35-36,38-57H2,1-3H3,(H,73,74)/b11-8-,20-17-,29-26-,37-34-. The average molecular weight is 1120 g/mol. The molecular weight excluding hydrogens is 997 g/mol. The van der Waals surface area contributed by atoms with Crippen LogP contribution in [0, 0.1) is 0 Å². The van der Waals surface area contributed by atoms with Gasteiger partial charge < -0.3 is 39.0 Å². The Bertz CT molecular complexity index is 1560. The van der Waals surface area contributed by atoms with Crippen molar-refractivity contribution < 1.29 is 58.2 Å². The van der Waals surface area contributed by atoms with Crippen LogP contribution in [0.2, 0.25) is 0 Å². The Balaban J connectivity index is 2.66. The fourth-order valence-electron chi connectivity index (χ4n) is 9.95. The van der Waals surface area contributed by atoms with Gasteiger partial charge in [0, 0.05) is 19.3 Å². The van der Waals surface area contributed by atoms with E-state index in [0.29, 0.717) is 19.3 Å². The summed E-state index contributed by atoms with van der Waals surface area (Å²) in [5.41, 5.74) is 0. The third-order valence-electron chi connectivity index (χ3n) is 14.9. The van der Waals surface area contributed by atoms with Crippen LogP contribution in [-0.4, -0.2) is 89.2 Å². The number of carboxylic acid groups (broad SMARTS) is 1. The Morgan fingerprint density at radius 1 is 0.430 bits per heavy atom. The van der Waals surface area contributed by atoms with Gasteiger partial charge in [0.15, 0.2) is 24.6 Å². The molecule has 0 radical (unpaired) electrons. The second-order valence-electron chi connectivity index (χ2n) is 22.4. The maximum Gasteiger partial charge on any atom is 0.335 e. The quantitative estimate of drug-likeness (QED) is 0.0228. The molecule has 0 aromatic heterocycles. The minimum atomic E-state index is -1.91. The number of carbonyl (C=O) groups is 4. The van der Waals surface area contributed by atoms with E-state index in [1.54, 1.807) is 0 Å². The van der Waals surface area contributed by atoms with Crippen molar-refractivity contribution >= 4 is 23.9 Å². The third-order valence-corrected chi connectivity index (χ3v) is 14.9. The fourth-order valence-corrected chi connectivity index (χ4v) is 9.95. The minimum Gasteiger partial charge on any atom is -0.479 e. The van der Waals surface area contributed by atoms with Gasteiger partial charge >= 0.3 is 23.9 Å². The lowest BCUT2D eigenvalue weighted by atomic mass is 9.98. The topological polar surface area (TPSA) is 175 Å². The normalized spacial score (nSPS) is 18.1. The summed E-state index contributed by atoms with van der Waals surface area (Å²) in [7, 11) is 0. The van der Waals surface area contributed by atoms with E-state index in [9.17, 15) is 34.5 Å². The molecule has 12 heteroatoms. The van der Waals surface area contributed by atoms with E-state index >= 15 is 0 Å². The Hall–Kier alpha value is -3.32. The van der Waals surface area contributed by atoms with E-state index in [4.69, 9.17) is 23.7 Å². The zero-order chi connectivity index (χ0) is 57.5. The molecule has 0 aliphatic carbocycles. The summed E-state index contributed by atoms with van der Waals surface area (Å²) in [6, 6.07) is 0. The third kappa shape index (κ3) is 45.0. The van der Waals surface area contributed by atoms with E-state index in [0.717, 1.165) is 89.9 Å². The largest absolute Gasteiger partial charge is 0.479 e. The fraction of sp³-hybridized carbons (Fsp3) is 0.821. The number of carboxylic acids is 1. The highest BCUT2D eigenvalue weighted by Crippen LogP contribution is 2.27. The SMILES string of the molecule is CC/C=C\C/C=C\C/C=C\C/C=C\CCCCCCC(=O)OC1C(OCC(COC(=O)CCCCCCCCCCCCCCCCCCC)OC(=O)CCCCCCCCCCCCCCCCC)OC(C(=O)O)C(O)C1O. The van der Waals surface area contributed by atoms with Gasteiger partial charge in [-0.25, -0.2) is 4.79 Å². The first-order valence-electron chi connectivity index (χ1n) is 32.6. The number of rotatable bonds is 56. The Morgan fingerprint density at radius 2 is 0.797 bits per heavy atom. The van der Waals surface area contributed by atoms with Crippen molar-refractivity contribution in [1.29, 1.82) is 0 Å². The Labute approximate surface area is 482 Å². The molecule has 1 fully saturated rings. The van der Waals surface area contributed by atoms with Crippen LogP contribution >= 0.6 is 0 Å². The molecule has 1 aliphatic rings. The maximum absolute atomic E-state index is 13.2. The molecule has 3 N–H and O–H groups in total. The molecule has 12 nitrogen and oxygen atoms in total. The first-order valence-corrected chi connectivity index (χ1v) is 32.6. The summed E-state index contributed by atoms with van der Waals surface area (Å²) >= 11 is 0. The number of allylic oxidation sites excluding steroid dienone is 8. The lowest BCUT2D eigenvalue weighted by Crippen LogP contribution is -2.61. The minimum absolute atomic E-state index is 0.0350. The van der Waals surface area contributed by atoms with Crippen molar-refractivity contribution in [1.82, 2.24) is 0 Å². The number of aliphatic carboxylic acids is 1. The van der Waals surface area contributed by atoms with E-state index in [1.807, 2.05) is 0 Å². The smallest absolute Gasteiger partial charge is 0.335 e. The van der Waals surface area contributed by atoms with Crippen LogP contribution in [0.5, 0.6) is 0 Å². The van der Waals surface area contributed by atoms with Gasteiger partial charge in [0.25, 0.3) is 0 Å². The lowest BCUT2D eigenvalue weighted by Gasteiger charge is -2.40. The van der Waals surface area contributed by atoms with Crippen molar-refractivity contribution in [2.75, 3.05) is 13.2 Å². The maximum atomic E-state index is 13.2. The monoisotopic (exact) mass is 1110 g/mol. The Kier molecular flexibility index (Phi) is 51.5. The zero-order valence-electron chi connectivity index (χ0n) is 50.6. The summed E-state index contributed by atoms with van der Waals surface area (Å²) in [6.45, 7) is 5.92.